The molecule has 0 fully saturated rings. The van der Waals surface area contributed by atoms with Crippen molar-refractivity contribution in [3.63, 3.8) is 0 Å². The van der Waals surface area contributed by atoms with Gasteiger partial charge in [0.1, 0.15) is 0 Å². The second-order valence-corrected chi connectivity index (χ2v) is 6.23. The van der Waals surface area contributed by atoms with E-state index in [1.54, 1.807) is 13.2 Å². The lowest BCUT2D eigenvalue weighted by Gasteiger charge is -2.17. The lowest BCUT2D eigenvalue weighted by atomic mass is 10.1. The van der Waals surface area contributed by atoms with Gasteiger partial charge >= 0.3 is 5.97 Å². The average molecular weight is 355 g/mol. The van der Waals surface area contributed by atoms with Gasteiger partial charge in [0.25, 0.3) is 0 Å². The summed E-state index contributed by atoms with van der Waals surface area (Å²) in [5.41, 5.74) is 3.30. The Morgan fingerprint density at radius 2 is 1.88 bits per heavy atom. The van der Waals surface area contributed by atoms with Crippen molar-refractivity contribution in [1.82, 2.24) is 4.57 Å². The van der Waals surface area contributed by atoms with Gasteiger partial charge < -0.3 is 14.0 Å². The Morgan fingerprint density at radius 1 is 1.19 bits per heavy atom. The van der Waals surface area contributed by atoms with Crippen LogP contribution in [0.15, 0.2) is 42.5 Å². The molecule has 0 radical (unpaired) electrons. The van der Waals surface area contributed by atoms with E-state index in [0.717, 1.165) is 17.0 Å². The van der Waals surface area contributed by atoms with Gasteiger partial charge in [-0.25, -0.2) is 4.79 Å². The van der Waals surface area contributed by atoms with Crippen LogP contribution in [0.5, 0.6) is 0 Å². The minimum Gasteiger partial charge on any atom is -0.454 e. The largest absolute Gasteiger partial charge is 0.454 e. The van der Waals surface area contributed by atoms with Gasteiger partial charge in [-0.15, -0.1) is 0 Å². The number of methoxy groups -OCH3 is 1. The van der Waals surface area contributed by atoms with Crippen LogP contribution in [-0.4, -0.2) is 36.6 Å². The lowest BCUT2D eigenvalue weighted by molar-refractivity contribution is -0.136. The number of aromatic nitrogens is 1. The Hall–Kier alpha value is -2.66. The van der Waals surface area contributed by atoms with E-state index < -0.39 is 5.97 Å². The molecule has 0 saturated heterocycles. The molecule has 0 amide bonds. The summed E-state index contributed by atoms with van der Waals surface area (Å²) in [6.07, 6.45) is 2.98. The Balaban J connectivity index is 1.99. The molecule has 2 rings (SSSR count). The number of nitrogens with zero attached hydrogens (tertiary/aromatic N) is 1. The molecule has 5 heteroatoms. The van der Waals surface area contributed by atoms with Crippen molar-refractivity contribution in [3.8, 4) is 0 Å². The predicted octanol–water partition coefficient (Wildman–Crippen LogP) is 3.75. The van der Waals surface area contributed by atoms with E-state index in [1.807, 2.05) is 57.2 Å². The van der Waals surface area contributed by atoms with Crippen LogP contribution in [-0.2, 0) is 14.3 Å². The number of rotatable bonds is 8. The van der Waals surface area contributed by atoms with Crippen molar-refractivity contribution in [2.45, 2.75) is 26.8 Å². The molecule has 0 unspecified atom stereocenters. The van der Waals surface area contributed by atoms with E-state index >= 15 is 0 Å². The molecule has 5 nitrogen and oxygen atoms in total. The zero-order valence-corrected chi connectivity index (χ0v) is 15.7. The highest BCUT2D eigenvalue weighted by Crippen LogP contribution is 2.21. The topological polar surface area (TPSA) is 57.5 Å². The minimum absolute atomic E-state index is 0.123. The maximum atomic E-state index is 12.4. The predicted molar refractivity (Wildman–Crippen MR) is 101 cm³/mol. The first-order valence-corrected chi connectivity index (χ1v) is 8.54. The van der Waals surface area contributed by atoms with Crippen LogP contribution >= 0.6 is 0 Å². The Morgan fingerprint density at radius 3 is 2.54 bits per heavy atom. The SMILES string of the molecule is COC[C@H](C)n1c(C)cc(C(=O)COC(=O)/C=C/c2ccccc2)c1C. The molecule has 138 valence electrons. The minimum atomic E-state index is -0.538. The highest BCUT2D eigenvalue weighted by Gasteiger charge is 2.19. The number of hydrogen-bond donors (Lipinski definition) is 0. The third kappa shape index (κ3) is 4.92. The summed E-state index contributed by atoms with van der Waals surface area (Å²) in [5, 5.41) is 0. The molecule has 0 N–H and O–H groups in total. The molecule has 0 spiro atoms. The van der Waals surface area contributed by atoms with Crippen LogP contribution < -0.4 is 0 Å². The number of hydrogen-bond acceptors (Lipinski definition) is 4. The molecule has 1 atom stereocenters. The average Bonchev–Trinajstić information content (AvgIpc) is 2.93. The van der Waals surface area contributed by atoms with Crippen molar-refractivity contribution in [2.75, 3.05) is 20.3 Å². The van der Waals surface area contributed by atoms with Crippen LogP contribution in [0.4, 0.5) is 0 Å². The normalized spacial score (nSPS) is 12.3. The summed E-state index contributed by atoms with van der Waals surface area (Å²) in [4.78, 5) is 24.3. The number of ketones is 1. The van der Waals surface area contributed by atoms with Gasteiger partial charge in [0.05, 0.1) is 12.6 Å². The van der Waals surface area contributed by atoms with Gasteiger partial charge in [0.15, 0.2) is 6.61 Å². The maximum absolute atomic E-state index is 12.4. The van der Waals surface area contributed by atoms with E-state index in [4.69, 9.17) is 9.47 Å². The highest BCUT2D eigenvalue weighted by molar-refractivity contribution is 6.00. The van der Waals surface area contributed by atoms with Crippen LogP contribution in [0.2, 0.25) is 0 Å². The van der Waals surface area contributed by atoms with Gasteiger partial charge in [0, 0.05) is 30.1 Å². The molecule has 0 aliphatic heterocycles. The summed E-state index contributed by atoms with van der Waals surface area (Å²) >= 11 is 0. The van der Waals surface area contributed by atoms with E-state index in [-0.39, 0.29) is 18.4 Å². The van der Waals surface area contributed by atoms with E-state index in [1.165, 1.54) is 6.08 Å². The molecule has 2 aromatic rings. The van der Waals surface area contributed by atoms with Crippen molar-refractivity contribution in [2.24, 2.45) is 0 Å². The third-order valence-corrected chi connectivity index (χ3v) is 4.19. The number of carbonyl (C=O) groups excluding carboxylic acids is 2. The van der Waals surface area contributed by atoms with Gasteiger partial charge in [-0.3, -0.25) is 4.79 Å². The van der Waals surface area contributed by atoms with E-state index in [9.17, 15) is 9.59 Å². The zero-order chi connectivity index (χ0) is 19.1. The lowest BCUT2D eigenvalue weighted by Crippen LogP contribution is -2.16. The molecule has 26 heavy (non-hydrogen) atoms. The fourth-order valence-electron chi connectivity index (χ4n) is 3.04. The Kier molecular flexibility index (Phi) is 6.92. The van der Waals surface area contributed by atoms with Gasteiger partial charge in [-0.05, 0) is 38.5 Å². The van der Waals surface area contributed by atoms with E-state index in [0.29, 0.717) is 12.2 Å². The first-order valence-electron chi connectivity index (χ1n) is 8.54. The molecule has 1 heterocycles. The molecule has 0 aliphatic carbocycles. The fourth-order valence-corrected chi connectivity index (χ4v) is 3.04. The van der Waals surface area contributed by atoms with Crippen molar-refractivity contribution >= 4 is 17.8 Å². The van der Waals surface area contributed by atoms with Crippen LogP contribution in [0.25, 0.3) is 6.08 Å². The Labute approximate surface area is 154 Å². The molecule has 1 aromatic carbocycles. The van der Waals surface area contributed by atoms with Gasteiger partial charge in [-0.2, -0.15) is 0 Å². The third-order valence-electron chi connectivity index (χ3n) is 4.19. The second-order valence-electron chi connectivity index (χ2n) is 6.23. The molecular formula is C21H25NO4. The van der Waals surface area contributed by atoms with Crippen molar-refractivity contribution in [3.05, 3.63) is 65.0 Å². The summed E-state index contributed by atoms with van der Waals surface area (Å²) in [7, 11) is 1.65. The quantitative estimate of drug-likeness (QED) is 0.411. The number of carbonyl (C=O) groups is 2. The maximum Gasteiger partial charge on any atom is 0.331 e. The summed E-state index contributed by atoms with van der Waals surface area (Å²) in [5.74, 6) is -0.751. The second kappa shape index (κ2) is 9.15. The molecule has 0 aliphatic rings. The number of aryl methyl sites for hydroxylation is 1. The standard InChI is InChI=1S/C21H25NO4/c1-15-12-19(17(3)22(15)16(2)13-25-4)20(23)14-26-21(24)11-10-18-8-6-5-7-9-18/h5-12,16H,13-14H2,1-4H3/b11-10+/t16-/m0/s1. The van der Waals surface area contributed by atoms with Gasteiger partial charge in [-0.1, -0.05) is 30.3 Å². The fraction of sp³-hybridized carbons (Fsp3) is 0.333. The summed E-state index contributed by atoms with van der Waals surface area (Å²) in [6.45, 7) is 6.16. The molecular weight excluding hydrogens is 330 g/mol. The van der Waals surface area contributed by atoms with Crippen LogP contribution in [0.1, 0.15) is 40.3 Å². The zero-order valence-electron chi connectivity index (χ0n) is 15.7. The number of benzene rings is 1. The monoisotopic (exact) mass is 355 g/mol. The van der Waals surface area contributed by atoms with Gasteiger partial charge in [0.2, 0.25) is 5.78 Å². The van der Waals surface area contributed by atoms with Crippen molar-refractivity contribution < 1.29 is 19.1 Å². The number of ether oxygens (including phenoxy) is 2. The molecule has 1 aromatic heterocycles. The summed E-state index contributed by atoms with van der Waals surface area (Å²) in [6, 6.07) is 11.4. The smallest absolute Gasteiger partial charge is 0.331 e. The van der Waals surface area contributed by atoms with Crippen molar-refractivity contribution in [1.29, 1.82) is 0 Å². The Bertz CT molecular complexity index is 790. The number of esters is 1. The summed E-state index contributed by atoms with van der Waals surface area (Å²) < 4.78 is 12.3. The number of Topliss-reactive ketones (excluding diaryl/α,β-unsaturated/α-hetero) is 1. The van der Waals surface area contributed by atoms with Crippen LogP contribution in [0.3, 0.4) is 0 Å². The highest BCUT2D eigenvalue weighted by atomic mass is 16.5. The first-order chi connectivity index (χ1) is 12.4. The van der Waals surface area contributed by atoms with Crippen LogP contribution in [0, 0.1) is 13.8 Å². The molecule has 0 bridgehead atoms. The molecule has 0 saturated carbocycles. The van der Waals surface area contributed by atoms with E-state index in [2.05, 4.69) is 4.57 Å². The first kappa shape index (κ1) is 19.7.